The van der Waals surface area contributed by atoms with Crippen LogP contribution in [0.3, 0.4) is 0 Å². The van der Waals surface area contributed by atoms with Gasteiger partial charge in [-0.05, 0) is 25.0 Å². The van der Waals surface area contributed by atoms with Crippen molar-refractivity contribution in [1.29, 1.82) is 0 Å². The second-order valence-corrected chi connectivity index (χ2v) is 13.1. The molecule has 0 N–H and O–H groups in total. The minimum atomic E-state index is -11.4. The maximum absolute atomic E-state index is 13.6. The molecule has 0 saturated carbocycles. The van der Waals surface area contributed by atoms with Crippen molar-refractivity contribution in [3.8, 4) is 0 Å². The molecule has 2 atom stereocenters. The largest absolute Gasteiger partial charge is 0.312 e. The smallest absolute Gasteiger partial charge is 0.247 e. The fourth-order valence-electron chi connectivity index (χ4n) is 2.08. The molecular weight excluding hydrogens is 524 g/mol. The van der Waals surface area contributed by atoms with Crippen molar-refractivity contribution in [3.05, 3.63) is 12.1 Å². The summed E-state index contributed by atoms with van der Waals surface area (Å²) in [6.07, 6.45) is -4.35. The second kappa shape index (κ2) is 7.14. The van der Waals surface area contributed by atoms with E-state index in [2.05, 4.69) is 0 Å². The highest BCUT2D eigenvalue weighted by Gasteiger charge is 2.77. The number of benzene rings is 1. The van der Waals surface area contributed by atoms with Gasteiger partial charge in [-0.25, -0.2) is 8.78 Å². The van der Waals surface area contributed by atoms with Crippen molar-refractivity contribution >= 4 is 44.0 Å². The first-order chi connectivity index (χ1) is 12.9. The lowest BCUT2D eigenvalue weighted by Crippen LogP contribution is -2.19. The van der Waals surface area contributed by atoms with Gasteiger partial charge in [0.15, 0.2) is 0 Å². The number of rotatable bonds is 10. The van der Waals surface area contributed by atoms with Gasteiger partial charge in [0, 0.05) is 21.3 Å². The van der Waals surface area contributed by atoms with Gasteiger partial charge >= 0.3 is 20.4 Å². The van der Waals surface area contributed by atoms with Crippen molar-refractivity contribution in [1.82, 2.24) is 0 Å². The summed E-state index contributed by atoms with van der Waals surface area (Å²) in [5, 5.41) is 0. The van der Waals surface area contributed by atoms with Crippen molar-refractivity contribution in [3.63, 3.8) is 0 Å². The molecule has 0 fully saturated rings. The predicted octanol–water partition coefficient (Wildman–Crippen LogP) is 10.7. The zero-order valence-corrected chi connectivity index (χ0v) is 18.6. The molecule has 1 aromatic carbocycles. The highest BCUT2D eigenvalue weighted by Crippen LogP contribution is 3.10. The Labute approximate surface area is 174 Å². The summed E-state index contributed by atoms with van der Waals surface area (Å²) in [4.78, 5) is -11.4. The Hall–Kier alpha value is -0.220. The zero-order valence-electron chi connectivity index (χ0n) is 15.3. The third-order valence-electron chi connectivity index (χ3n) is 3.54. The molecule has 0 heterocycles. The minimum Gasteiger partial charge on any atom is -0.247 e. The summed E-state index contributed by atoms with van der Waals surface area (Å²) in [6.45, 7) is 2.47. The number of thioether (sulfide) groups is 2. The van der Waals surface area contributed by atoms with Gasteiger partial charge in [0.25, 0.3) is 0 Å². The van der Waals surface area contributed by atoms with E-state index >= 15 is 0 Å². The Bertz CT molecular complexity index is 719. The molecule has 0 spiro atoms. The third kappa shape index (κ3) is 7.73. The molecule has 30 heavy (non-hydrogen) atoms. The van der Waals surface area contributed by atoms with Crippen LogP contribution in [-0.2, 0) is 0 Å². The van der Waals surface area contributed by atoms with Crippen molar-refractivity contribution in [2.24, 2.45) is 0 Å². The van der Waals surface area contributed by atoms with E-state index in [4.69, 9.17) is 0 Å². The lowest BCUT2D eigenvalue weighted by molar-refractivity contribution is 0.328. The van der Waals surface area contributed by atoms with Crippen LogP contribution in [0.15, 0.2) is 31.7 Å². The van der Waals surface area contributed by atoms with Gasteiger partial charge in [0.1, 0.15) is 22.1 Å². The van der Waals surface area contributed by atoms with Crippen LogP contribution < -0.4 is 0 Å². The summed E-state index contributed by atoms with van der Waals surface area (Å²) < 4.78 is 163. The summed E-state index contributed by atoms with van der Waals surface area (Å²) >= 11 is -0.749. The molecule has 0 amide bonds. The molecule has 0 aliphatic carbocycles. The molecule has 0 bridgehead atoms. The van der Waals surface area contributed by atoms with Crippen molar-refractivity contribution < 1.29 is 47.6 Å². The van der Waals surface area contributed by atoms with Crippen LogP contribution in [0.5, 0.6) is 0 Å². The van der Waals surface area contributed by atoms with E-state index in [0.29, 0.717) is 0 Å². The SMILES string of the molecule is CCC(F)CSc1ccc(SCC(F)CC)c(S(F)(F)(F)(F)F)c1S(F)(F)(F)(F)F. The van der Waals surface area contributed by atoms with E-state index in [1.54, 1.807) is 0 Å². The minimum absolute atomic E-state index is 0.148. The number of hydrogen-bond acceptors (Lipinski definition) is 2. The molecule has 16 heteroatoms. The van der Waals surface area contributed by atoms with Crippen LogP contribution in [0, 0.1) is 0 Å². The number of hydrogen-bond donors (Lipinski definition) is 0. The average molecular weight is 543 g/mol. The van der Waals surface area contributed by atoms with Gasteiger partial charge in [-0.3, -0.25) is 0 Å². The summed E-state index contributed by atoms with van der Waals surface area (Å²) in [7, 11) is -22.7. The monoisotopic (exact) mass is 542 g/mol. The molecule has 0 radical (unpaired) electrons. The lowest BCUT2D eigenvalue weighted by Gasteiger charge is -2.49. The summed E-state index contributed by atoms with van der Waals surface area (Å²) in [5.74, 6) is -1.93. The van der Waals surface area contributed by atoms with Crippen LogP contribution in [-0.4, -0.2) is 23.8 Å². The predicted molar refractivity (Wildman–Crippen MR) is 101 cm³/mol. The standard InChI is InChI=1S/C14H18F12S4/c1-3-9(15)7-27-11-5-6-12(28-8-10(16)4-2)14(30(22,23,24,25)26)13(11)29(17,18,19,20)21/h5-6,9-10H,3-4,7-8H2,1-2H3. The molecule has 0 aromatic heterocycles. The highest BCUT2D eigenvalue weighted by atomic mass is 32.5. The third-order valence-corrected chi connectivity index (χ3v) is 8.67. The van der Waals surface area contributed by atoms with Gasteiger partial charge in [0.2, 0.25) is 0 Å². The van der Waals surface area contributed by atoms with E-state index in [0.717, 1.165) is 0 Å². The molecule has 0 aliphatic rings. The maximum atomic E-state index is 13.6. The molecule has 182 valence electrons. The van der Waals surface area contributed by atoms with Crippen LogP contribution in [0.1, 0.15) is 26.7 Å². The van der Waals surface area contributed by atoms with E-state index in [1.165, 1.54) is 13.8 Å². The van der Waals surface area contributed by atoms with Gasteiger partial charge in [-0.15, -0.1) is 23.5 Å². The van der Waals surface area contributed by atoms with Gasteiger partial charge in [-0.2, -0.15) is 0 Å². The molecule has 0 saturated heterocycles. The Morgan fingerprint density at radius 1 is 0.633 bits per heavy atom. The zero-order chi connectivity index (χ0) is 23.9. The highest BCUT2D eigenvalue weighted by molar-refractivity contribution is 8.48. The first kappa shape index (κ1) is 27.8. The van der Waals surface area contributed by atoms with E-state index in [1.807, 2.05) is 0 Å². The Kier molecular flexibility index (Phi) is 6.62. The quantitative estimate of drug-likeness (QED) is 0.213. The van der Waals surface area contributed by atoms with Gasteiger partial charge in [0.05, 0.1) is 0 Å². The van der Waals surface area contributed by atoms with Crippen LogP contribution in [0.25, 0.3) is 0 Å². The Morgan fingerprint density at radius 2 is 0.900 bits per heavy atom. The molecule has 0 aliphatic heterocycles. The Morgan fingerprint density at radius 3 is 1.10 bits per heavy atom. The molecule has 1 rings (SSSR count). The lowest BCUT2D eigenvalue weighted by atomic mass is 10.3. The van der Waals surface area contributed by atoms with Gasteiger partial charge < -0.3 is 0 Å². The molecule has 2 unspecified atom stereocenters. The first-order valence-electron chi connectivity index (χ1n) is 8.08. The topological polar surface area (TPSA) is 0 Å². The molecular formula is C14H18F12S4. The summed E-state index contributed by atoms with van der Waals surface area (Å²) in [5.41, 5.74) is 0. The summed E-state index contributed by atoms with van der Waals surface area (Å²) in [6, 6.07) is 0.295. The Balaban J connectivity index is 3.96. The molecule has 1 aromatic rings. The fraction of sp³-hybridized carbons (Fsp3) is 0.571. The second-order valence-electron chi connectivity index (χ2n) is 6.29. The first-order valence-corrected chi connectivity index (χ1v) is 14.0. The maximum Gasteiger partial charge on any atom is 0.312 e. The van der Waals surface area contributed by atoms with Crippen LogP contribution >= 0.6 is 44.0 Å². The van der Waals surface area contributed by atoms with E-state index in [-0.39, 0.29) is 48.5 Å². The van der Waals surface area contributed by atoms with E-state index in [9.17, 15) is 47.6 Å². The normalized spacial score (nSPS) is 19.9. The van der Waals surface area contributed by atoms with Crippen molar-refractivity contribution in [2.45, 2.75) is 58.6 Å². The number of alkyl halides is 2. The average Bonchev–Trinajstić information content (AvgIpc) is 2.52. The number of halogens is 12. The van der Waals surface area contributed by atoms with Crippen LogP contribution in [0.4, 0.5) is 47.6 Å². The van der Waals surface area contributed by atoms with Crippen molar-refractivity contribution in [2.75, 3.05) is 11.5 Å². The van der Waals surface area contributed by atoms with Gasteiger partial charge in [-0.1, -0.05) is 52.7 Å². The fourth-order valence-corrected chi connectivity index (χ4v) is 8.26. The molecule has 0 nitrogen and oxygen atoms in total. The van der Waals surface area contributed by atoms with E-state index < -0.39 is 63.9 Å². The van der Waals surface area contributed by atoms with Crippen LogP contribution in [0.2, 0.25) is 0 Å².